The summed E-state index contributed by atoms with van der Waals surface area (Å²) in [6, 6.07) is 0. The van der Waals surface area contributed by atoms with Gasteiger partial charge >= 0.3 is 5.97 Å². The number of hydrogen-bond acceptors (Lipinski definition) is 6. The van der Waals surface area contributed by atoms with E-state index >= 15 is 0 Å². The van der Waals surface area contributed by atoms with Crippen molar-refractivity contribution in [3.63, 3.8) is 0 Å². The highest BCUT2D eigenvalue weighted by molar-refractivity contribution is 7.09. The van der Waals surface area contributed by atoms with Gasteiger partial charge in [0.25, 0.3) is 0 Å². The van der Waals surface area contributed by atoms with Crippen LogP contribution in [-0.4, -0.2) is 48.1 Å². The molecule has 1 rings (SSSR count). The predicted molar refractivity (Wildman–Crippen MR) is 89.4 cm³/mol. The van der Waals surface area contributed by atoms with Crippen LogP contribution in [0.5, 0.6) is 0 Å². The van der Waals surface area contributed by atoms with Crippen molar-refractivity contribution in [2.45, 2.75) is 40.7 Å². The standard InChI is InChI=1S/C16H26N2O4S/c1-5-21-9-7-8-18(15(19)12(3)4)10-14-17-13(11-23-14)16(20)22-6-2/h11-12H,5-10H2,1-4H3. The molecule has 0 spiro atoms. The second kappa shape index (κ2) is 10.3. The number of hydrogen-bond donors (Lipinski definition) is 0. The number of aromatic nitrogens is 1. The van der Waals surface area contributed by atoms with Crippen LogP contribution in [0.2, 0.25) is 0 Å². The first-order chi connectivity index (χ1) is 11.0. The SMILES string of the molecule is CCOCCCN(Cc1nc(C(=O)OCC)cs1)C(=O)C(C)C. The Morgan fingerprint density at radius 1 is 1.30 bits per heavy atom. The van der Waals surface area contributed by atoms with Crippen molar-refractivity contribution in [2.24, 2.45) is 5.92 Å². The third kappa shape index (κ3) is 6.66. The van der Waals surface area contributed by atoms with E-state index in [0.717, 1.165) is 11.4 Å². The van der Waals surface area contributed by atoms with Crippen molar-refractivity contribution in [3.05, 3.63) is 16.1 Å². The Morgan fingerprint density at radius 3 is 2.65 bits per heavy atom. The topological polar surface area (TPSA) is 68.7 Å². The van der Waals surface area contributed by atoms with E-state index in [1.165, 1.54) is 11.3 Å². The molecule has 0 aliphatic heterocycles. The number of carbonyl (C=O) groups excluding carboxylic acids is 2. The van der Waals surface area contributed by atoms with Gasteiger partial charge in [-0.05, 0) is 20.3 Å². The summed E-state index contributed by atoms with van der Waals surface area (Å²) < 4.78 is 10.3. The monoisotopic (exact) mass is 342 g/mol. The van der Waals surface area contributed by atoms with Gasteiger partial charge in [0.1, 0.15) is 5.01 Å². The normalized spacial score (nSPS) is 10.8. The van der Waals surface area contributed by atoms with Crippen molar-refractivity contribution in [1.29, 1.82) is 0 Å². The van der Waals surface area contributed by atoms with E-state index < -0.39 is 5.97 Å². The number of nitrogens with zero attached hydrogens (tertiary/aromatic N) is 2. The molecule has 0 unspecified atom stereocenters. The fourth-order valence-corrected chi connectivity index (χ4v) is 2.76. The summed E-state index contributed by atoms with van der Waals surface area (Å²) in [5.74, 6) is -0.422. The fourth-order valence-electron chi connectivity index (χ4n) is 1.98. The van der Waals surface area contributed by atoms with Gasteiger partial charge in [0.2, 0.25) is 5.91 Å². The molecule has 6 nitrogen and oxygen atoms in total. The van der Waals surface area contributed by atoms with Crippen LogP contribution in [0.3, 0.4) is 0 Å². The molecule has 0 aliphatic carbocycles. The van der Waals surface area contributed by atoms with E-state index in [9.17, 15) is 9.59 Å². The molecule has 0 atom stereocenters. The van der Waals surface area contributed by atoms with Gasteiger partial charge in [-0.2, -0.15) is 0 Å². The maximum atomic E-state index is 12.3. The Kier molecular flexibility index (Phi) is 8.79. The third-order valence-electron chi connectivity index (χ3n) is 3.09. The third-order valence-corrected chi connectivity index (χ3v) is 3.92. The number of esters is 1. The lowest BCUT2D eigenvalue weighted by Gasteiger charge is -2.23. The summed E-state index contributed by atoms with van der Waals surface area (Å²) in [5, 5.41) is 2.41. The summed E-state index contributed by atoms with van der Waals surface area (Å²) in [6.45, 7) is 10.1. The average molecular weight is 342 g/mol. The van der Waals surface area contributed by atoms with Gasteiger partial charge in [0.05, 0.1) is 13.2 Å². The number of carbonyl (C=O) groups is 2. The zero-order valence-corrected chi connectivity index (χ0v) is 15.1. The van der Waals surface area contributed by atoms with E-state index in [-0.39, 0.29) is 11.8 Å². The quantitative estimate of drug-likeness (QED) is 0.483. The largest absolute Gasteiger partial charge is 0.461 e. The number of ether oxygens (including phenoxy) is 2. The van der Waals surface area contributed by atoms with Crippen molar-refractivity contribution in [1.82, 2.24) is 9.88 Å². The average Bonchev–Trinajstić information content (AvgIpc) is 2.98. The minimum absolute atomic E-state index is 0.0772. The minimum atomic E-state index is -0.423. The lowest BCUT2D eigenvalue weighted by atomic mass is 10.2. The first-order valence-electron chi connectivity index (χ1n) is 7.97. The Morgan fingerprint density at radius 2 is 2.04 bits per heavy atom. The van der Waals surface area contributed by atoms with Crippen LogP contribution < -0.4 is 0 Å². The molecule has 0 aromatic carbocycles. The van der Waals surface area contributed by atoms with Gasteiger partial charge in [-0.1, -0.05) is 13.8 Å². The van der Waals surface area contributed by atoms with Crippen LogP contribution in [0.4, 0.5) is 0 Å². The summed E-state index contributed by atoms with van der Waals surface area (Å²) in [4.78, 5) is 30.0. The highest BCUT2D eigenvalue weighted by Gasteiger charge is 2.19. The summed E-state index contributed by atoms with van der Waals surface area (Å²) in [5.41, 5.74) is 0.304. The van der Waals surface area contributed by atoms with Crippen LogP contribution in [0.15, 0.2) is 5.38 Å². The van der Waals surface area contributed by atoms with Crippen LogP contribution in [0, 0.1) is 5.92 Å². The fraction of sp³-hybridized carbons (Fsp3) is 0.688. The van der Waals surface area contributed by atoms with E-state index in [0.29, 0.717) is 38.6 Å². The molecule has 1 heterocycles. The molecule has 23 heavy (non-hydrogen) atoms. The molecule has 1 amide bonds. The molecule has 0 aliphatic rings. The predicted octanol–water partition coefficient (Wildman–Crippen LogP) is 2.73. The molecule has 130 valence electrons. The van der Waals surface area contributed by atoms with Gasteiger partial charge in [0, 0.05) is 31.1 Å². The summed E-state index contributed by atoms with van der Waals surface area (Å²) in [6.07, 6.45) is 0.780. The first-order valence-corrected chi connectivity index (χ1v) is 8.85. The van der Waals surface area contributed by atoms with Gasteiger partial charge in [0.15, 0.2) is 5.69 Å². The second-order valence-electron chi connectivity index (χ2n) is 5.31. The molecule has 0 saturated carbocycles. The van der Waals surface area contributed by atoms with Gasteiger partial charge in [-0.15, -0.1) is 11.3 Å². The van der Waals surface area contributed by atoms with E-state index in [1.807, 2.05) is 20.8 Å². The van der Waals surface area contributed by atoms with Gasteiger partial charge in [-0.3, -0.25) is 4.79 Å². The molecule has 1 aromatic rings. The van der Waals surface area contributed by atoms with Crippen LogP contribution in [0.25, 0.3) is 0 Å². The lowest BCUT2D eigenvalue weighted by molar-refractivity contribution is -0.135. The molecule has 7 heteroatoms. The smallest absolute Gasteiger partial charge is 0.357 e. The zero-order chi connectivity index (χ0) is 17.2. The lowest BCUT2D eigenvalue weighted by Crippen LogP contribution is -2.35. The number of amides is 1. The van der Waals surface area contributed by atoms with Crippen molar-refractivity contribution >= 4 is 23.2 Å². The van der Waals surface area contributed by atoms with E-state index in [1.54, 1.807) is 17.2 Å². The van der Waals surface area contributed by atoms with Gasteiger partial charge in [-0.25, -0.2) is 9.78 Å². The maximum absolute atomic E-state index is 12.3. The van der Waals surface area contributed by atoms with Gasteiger partial charge < -0.3 is 14.4 Å². The van der Waals surface area contributed by atoms with Crippen LogP contribution in [-0.2, 0) is 20.8 Å². The zero-order valence-electron chi connectivity index (χ0n) is 14.3. The first kappa shape index (κ1) is 19.6. The summed E-state index contributed by atoms with van der Waals surface area (Å²) in [7, 11) is 0. The van der Waals surface area contributed by atoms with E-state index in [4.69, 9.17) is 9.47 Å². The molecule has 0 radical (unpaired) electrons. The minimum Gasteiger partial charge on any atom is -0.461 e. The Labute approximate surface area is 141 Å². The van der Waals surface area contributed by atoms with E-state index in [2.05, 4.69) is 4.98 Å². The molecule has 1 aromatic heterocycles. The van der Waals surface area contributed by atoms with Crippen molar-refractivity contribution in [2.75, 3.05) is 26.4 Å². The molecule has 0 bridgehead atoms. The molecule has 0 N–H and O–H groups in total. The molecular weight excluding hydrogens is 316 g/mol. The summed E-state index contributed by atoms with van der Waals surface area (Å²) >= 11 is 1.37. The highest BCUT2D eigenvalue weighted by Crippen LogP contribution is 2.15. The molecular formula is C16H26N2O4S. The van der Waals surface area contributed by atoms with Crippen molar-refractivity contribution in [3.8, 4) is 0 Å². The van der Waals surface area contributed by atoms with Crippen molar-refractivity contribution < 1.29 is 19.1 Å². The Hall–Kier alpha value is -1.47. The highest BCUT2D eigenvalue weighted by atomic mass is 32.1. The molecule has 0 fully saturated rings. The number of rotatable bonds is 10. The Balaban J connectivity index is 2.68. The van der Waals surface area contributed by atoms with Crippen LogP contribution in [0.1, 0.15) is 49.6 Å². The van der Waals surface area contributed by atoms with Crippen LogP contribution >= 0.6 is 11.3 Å². The number of thiazole rings is 1. The molecule has 0 saturated heterocycles. The second-order valence-corrected chi connectivity index (χ2v) is 6.25. The Bertz CT molecular complexity index is 502. The maximum Gasteiger partial charge on any atom is 0.357 e.